The van der Waals surface area contributed by atoms with Crippen molar-refractivity contribution >= 4 is 34.8 Å². The molecule has 5 heteroatoms. The highest BCUT2D eigenvalue weighted by atomic mass is 35.5. The summed E-state index contributed by atoms with van der Waals surface area (Å²) >= 11 is 12.0. The van der Waals surface area contributed by atoms with Crippen LogP contribution >= 0.6 is 23.2 Å². The summed E-state index contributed by atoms with van der Waals surface area (Å²) in [5.41, 5.74) is 1.97. The number of carbonyl (C=O) groups excluding carboxylic acids is 1. The van der Waals surface area contributed by atoms with Crippen molar-refractivity contribution in [1.82, 2.24) is 5.32 Å². The van der Waals surface area contributed by atoms with Gasteiger partial charge in [-0.05, 0) is 49.9 Å². The minimum absolute atomic E-state index is 0.0583. The third-order valence-electron chi connectivity index (χ3n) is 3.61. The minimum Gasteiger partial charge on any atom is -0.326 e. The molecule has 0 bridgehead atoms. The van der Waals surface area contributed by atoms with Gasteiger partial charge in [0.2, 0.25) is 5.91 Å². The molecule has 1 aliphatic rings. The Balaban J connectivity index is 1.82. The summed E-state index contributed by atoms with van der Waals surface area (Å²) in [6.45, 7) is 4.50. The fourth-order valence-electron chi connectivity index (χ4n) is 2.26. The molecule has 1 aliphatic carbocycles. The number of nitrogens with one attached hydrogen (secondary N) is 2. The topological polar surface area (TPSA) is 41.1 Å². The van der Waals surface area contributed by atoms with Crippen LogP contribution in [0.1, 0.15) is 38.3 Å². The number of benzene rings is 1. The molecule has 20 heavy (non-hydrogen) atoms. The Morgan fingerprint density at radius 1 is 1.50 bits per heavy atom. The fourth-order valence-corrected chi connectivity index (χ4v) is 2.85. The second-order valence-electron chi connectivity index (χ2n) is 5.43. The first-order chi connectivity index (χ1) is 9.38. The summed E-state index contributed by atoms with van der Waals surface area (Å²) in [6, 6.07) is 8.10. The summed E-state index contributed by atoms with van der Waals surface area (Å²) in [6.07, 6.45) is 1.88. The molecule has 0 spiro atoms. The van der Waals surface area contributed by atoms with Gasteiger partial charge in [-0.25, -0.2) is 0 Å². The molecule has 110 valence electrons. The van der Waals surface area contributed by atoms with Crippen LogP contribution in [0.4, 0.5) is 5.69 Å². The number of amides is 1. The van der Waals surface area contributed by atoms with Crippen LogP contribution in [0.2, 0.25) is 0 Å². The van der Waals surface area contributed by atoms with Crippen LogP contribution in [0.25, 0.3) is 0 Å². The number of carbonyl (C=O) groups is 1. The number of halogens is 2. The van der Waals surface area contributed by atoms with Crippen molar-refractivity contribution in [3.8, 4) is 0 Å². The van der Waals surface area contributed by atoms with E-state index < -0.39 is 4.33 Å². The Hall–Kier alpha value is -0.770. The van der Waals surface area contributed by atoms with Crippen LogP contribution in [-0.4, -0.2) is 16.8 Å². The second kappa shape index (κ2) is 6.33. The number of hydrogen-bond donors (Lipinski definition) is 2. The predicted octanol–water partition coefficient (Wildman–Crippen LogP) is 3.88. The van der Waals surface area contributed by atoms with Crippen LogP contribution in [0.3, 0.4) is 0 Å². The summed E-state index contributed by atoms with van der Waals surface area (Å²) < 4.78 is -0.490. The molecule has 1 fully saturated rings. The van der Waals surface area contributed by atoms with E-state index in [1.165, 1.54) is 6.92 Å². The molecule has 0 saturated heterocycles. The SMILES string of the molecule is CC(=O)Nc1cccc(C(C)NCCC2CC2(Cl)Cl)c1. The van der Waals surface area contributed by atoms with Crippen molar-refractivity contribution < 1.29 is 4.79 Å². The summed E-state index contributed by atoms with van der Waals surface area (Å²) in [5, 5.41) is 6.25. The van der Waals surface area contributed by atoms with Gasteiger partial charge in [0.1, 0.15) is 4.33 Å². The molecule has 0 aromatic heterocycles. The molecule has 0 radical (unpaired) electrons. The molecule has 1 amide bonds. The standard InChI is InChI=1S/C15H20Cl2N2O/c1-10(18-7-6-13-9-15(13,16)17)12-4-3-5-14(8-12)19-11(2)20/h3-5,8,10,13,18H,6-7,9H2,1-2H3,(H,19,20). The minimum atomic E-state index is -0.490. The third-order valence-corrected chi connectivity index (χ3v) is 4.53. The normalized spacial score (nSPS) is 21.3. The van der Waals surface area contributed by atoms with Crippen LogP contribution in [0, 0.1) is 5.92 Å². The third kappa shape index (κ3) is 4.37. The smallest absolute Gasteiger partial charge is 0.221 e. The Labute approximate surface area is 130 Å². The average molecular weight is 315 g/mol. The maximum atomic E-state index is 11.1. The average Bonchev–Trinajstić information content (AvgIpc) is 2.96. The van der Waals surface area contributed by atoms with Crippen molar-refractivity contribution in [2.24, 2.45) is 5.92 Å². The fraction of sp³-hybridized carbons (Fsp3) is 0.533. The molecule has 1 aromatic carbocycles. The zero-order valence-corrected chi connectivity index (χ0v) is 13.3. The molecule has 2 rings (SSSR count). The second-order valence-corrected chi connectivity index (χ2v) is 6.98. The number of hydrogen-bond acceptors (Lipinski definition) is 2. The van der Waals surface area contributed by atoms with E-state index >= 15 is 0 Å². The summed E-state index contributed by atoms with van der Waals surface area (Å²) in [7, 11) is 0. The van der Waals surface area contributed by atoms with Gasteiger partial charge in [-0.15, -0.1) is 23.2 Å². The number of anilines is 1. The zero-order valence-electron chi connectivity index (χ0n) is 11.7. The highest BCUT2D eigenvalue weighted by molar-refractivity contribution is 6.50. The highest BCUT2D eigenvalue weighted by Gasteiger charge is 2.50. The van der Waals surface area contributed by atoms with Gasteiger partial charge in [0.25, 0.3) is 0 Å². The van der Waals surface area contributed by atoms with Gasteiger partial charge in [0.15, 0.2) is 0 Å². The first kappa shape index (κ1) is 15.6. The van der Waals surface area contributed by atoms with Gasteiger partial charge in [0, 0.05) is 18.7 Å². The molecule has 0 aliphatic heterocycles. The Kier molecular flexibility index (Phi) is 4.95. The first-order valence-electron chi connectivity index (χ1n) is 6.87. The largest absolute Gasteiger partial charge is 0.326 e. The lowest BCUT2D eigenvalue weighted by Crippen LogP contribution is -2.21. The van der Waals surface area contributed by atoms with Crippen molar-refractivity contribution in [3.63, 3.8) is 0 Å². The molecule has 1 aromatic rings. The molecule has 2 N–H and O–H groups in total. The quantitative estimate of drug-likeness (QED) is 0.782. The maximum Gasteiger partial charge on any atom is 0.221 e. The molecule has 1 saturated carbocycles. The van der Waals surface area contributed by atoms with E-state index in [1.807, 2.05) is 24.3 Å². The Bertz CT molecular complexity index is 491. The highest BCUT2D eigenvalue weighted by Crippen LogP contribution is 2.54. The molecule has 0 heterocycles. The first-order valence-corrected chi connectivity index (χ1v) is 7.63. The van der Waals surface area contributed by atoms with E-state index in [0.717, 1.165) is 30.6 Å². The van der Waals surface area contributed by atoms with Gasteiger partial charge < -0.3 is 10.6 Å². The van der Waals surface area contributed by atoms with Gasteiger partial charge in [-0.3, -0.25) is 4.79 Å². The van der Waals surface area contributed by atoms with Crippen molar-refractivity contribution in [3.05, 3.63) is 29.8 Å². The van der Waals surface area contributed by atoms with E-state index in [-0.39, 0.29) is 11.9 Å². The lowest BCUT2D eigenvalue weighted by Gasteiger charge is -2.15. The van der Waals surface area contributed by atoms with Crippen molar-refractivity contribution in [1.29, 1.82) is 0 Å². The van der Waals surface area contributed by atoms with E-state index in [0.29, 0.717) is 5.92 Å². The van der Waals surface area contributed by atoms with Crippen LogP contribution in [-0.2, 0) is 4.79 Å². The molecule has 2 unspecified atom stereocenters. The lowest BCUT2D eigenvalue weighted by atomic mass is 10.1. The predicted molar refractivity (Wildman–Crippen MR) is 84.3 cm³/mol. The van der Waals surface area contributed by atoms with E-state index in [9.17, 15) is 4.79 Å². The maximum absolute atomic E-state index is 11.1. The van der Waals surface area contributed by atoms with Crippen LogP contribution in [0.15, 0.2) is 24.3 Å². The number of alkyl halides is 2. The van der Waals surface area contributed by atoms with Gasteiger partial charge in [-0.1, -0.05) is 12.1 Å². The Morgan fingerprint density at radius 2 is 2.20 bits per heavy atom. The summed E-state index contributed by atoms with van der Waals surface area (Å²) in [4.78, 5) is 11.1. The lowest BCUT2D eigenvalue weighted by molar-refractivity contribution is -0.114. The van der Waals surface area contributed by atoms with E-state index in [2.05, 4.69) is 17.6 Å². The van der Waals surface area contributed by atoms with E-state index in [4.69, 9.17) is 23.2 Å². The van der Waals surface area contributed by atoms with Gasteiger partial charge >= 0.3 is 0 Å². The molecule has 3 nitrogen and oxygen atoms in total. The van der Waals surface area contributed by atoms with Crippen molar-refractivity contribution in [2.45, 2.75) is 37.1 Å². The van der Waals surface area contributed by atoms with E-state index in [1.54, 1.807) is 0 Å². The van der Waals surface area contributed by atoms with Crippen molar-refractivity contribution in [2.75, 3.05) is 11.9 Å². The summed E-state index contributed by atoms with van der Waals surface area (Å²) in [5.74, 6) is 0.355. The Morgan fingerprint density at radius 3 is 2.80 bits per heavy atom. The number of rotatable bonds is 6. The molecular weight excluding hydrogens is 295 g/mol. The zero-order chi connectivity index (χ0) is 14.8. The van der Waals surface area contributed by atoms with Gasteiger partial charge in [-0.2, -0.15) is 0 Å². The van der Waals surface area contributed by atoms with Gasteiger partial charge in [0.05, 0.1) is 0 Å². The molecule has 2 atom stereocenters. The molecular formula is C15H20Cl2N2O. The van der Waals surface area contributed by atoms with Crippen LogP contribution < -0.4 is 10.6 Å². The monoisotopic (exact) mass is 314 g/mol. The van der Waals surface area contributed by atoms with Crippen LogP contribution in [0.5, 0.6) is 0 Å².